The molecular formula is C16H17NO4. The predicted octanol–water partition coefficient (Wildman–Crippen LogP) is 1.78. The molecule has 0 aromatic heterocycles. The lowest BCUT2D eigenvalue weighted by Gasteiger charge is -2.52. The van der Waals surface area contributed by atoms with Crippen LogP contribution >= 0.6 is 0 Å². The summed E-state index contributed by atoms with van der Waals surface area (Å²) >= 11 is 0. The molecule has 3 rings (SSSR count). The van der Waals surface area contributed by atoms with Crippen molar-refractivity contribution in [1.29, 1.82) is 0 Å². The fraction of sp³-hybridized carbons (Fsp3) is 0.375. The van der Waals surface area contributed by atoms with Gasteiger partial charge in [-0.25, -0.2) is 9.59 Å². The number of benzene rings is 1. The number of para-hydroxylation sites is 1. The van der Waals surface area contributed by atoms with Crippen molar-refractivity contribution in [2.75, 3.05) is 19.5 Å². The van der Waals surface area contributed by atoms with Crippen LogP contribution in [-0.4, -0.2) is 31.7 Å². The molecule has 0 bridgehead atoms. The summed E-state index contributed by atoms with van der Waals surface area (Å²) < 4.78 is 9.73. The molecule has 5 heteroatoms. The van der Waals surface area contributed by atoms with Crippen LogP contribution in [0.3, 0.4) is 0 Å². The number of methoxy groups -OCH3 is 2. The van der Waals surface area contributed by atoms with Crippen molar-refractivity contribution in [2.45, 2.75) is 24.8 Å². The monoisotopic (exact) mass is 287 g/mol. The van der Waals surface area contributed by atoms with Crippen molar-refractivity contribution in [3.8, 4) is 0 Å². The van der Waals surface area contributed by atoms with Crippen LogP contribution in [0.25, 0.3) is 0 Å². The van der Waals surface area contributed by atoms with Gasteiger partial charge in [0.15, 0.2) is 0 Å². The second-order valence-corrected chi connectivity index (χ2v) is 5.65. The van der Waals surface area contributed by atoms with E-state index in [2.05, 4.69) is 5.32 Å². The summed E-state index contributed by atoms with van der Waals surface area (Å²) in [5, 5.41) is 3.36. The number of carbonyl (C=O) groups excluding carboxylic acids is 2. The minimum atomic E-state index is -0.673. The van der Waals surface area contributed by atoms with Gasteiger partial charge in [-0.2, -0.15) is 0 Å². The van der Waals surface area contributed by atoms with Crippen molar-refractivity contribution in [3.05, 3.63) is 41.0 Å². The number of hydrogen-bond acceptors (Lipinski definition) is 5. The molecule has 0 amide bonds. The van der Waals surface area contributed by atoms with E-state index in [9.17, 15) is 9.59 Å². The van der Waals surface area contributed by atoms with Crippen LogP contribution in [0.4, 0.5) is 5.69 Å². The molecular weight excluding hydrogens is 270 g/mol. The lowest BCUT2D eigenvalue weighted by Crippen LogP contribution is -2.63. The largest absolute Gasteiger partial charge is 0.466 e. The normalized spacial score (nSPS) is 29.0. The maximum Gasteiger partial charge on any atom is 0.336 e. The van der Waals surface area contributed by atoms with Crippen LogP contribution in [0, 0.1) is 0 Å². The van der Waals surface area contributed by atoms with E-state index in [-0.39, 0.29) is 0 Å². The zero-order valence-electron chi connectivity index (χ0n) is 12.4. The second-order valence-electron chi connectivity index (χ2n) is 5.65. The van der Waals surface area contributed by atoms with Crippen molar-refractivity contribution >= 4 is 17.6 Å². The lowest BCUT2D eigenvalue weighted by atomic mass is 9.51. The zero-order valence-corrected chi connectivity index (χ0v) is 12.4. The molecule has 5 nitrogen and oxygen atoms in total. The summed E-state index contributed by atoms with van der Waals surface area (Å²) in [5.74, 6) is -0.996. The highest BCUT2D eigenvalue weighted by molar-refractivity contribution is 6.11. The number of esters is 2. The molecule has 1 aromatic rings. The van der Waals surface area contributed by atoms with Gasteiger partial charge >= 0.3 is 11.9 Å². The summed E-state index contributed by atoms with van der Waals surface area (Å²) in [6, 6.07) is 7.74. The van der Waals surface area contributed by atoms with Gasteiger partial charge < -0.3 is 14.8 Å². The molecule has 0 saturated carbocycles. The van der Waals surface area contributed by atoms with Gasteiger partial charge in [-0.05, 0) is 25.5 Å². The van der Waals surface area contributed by atoms with Gasteiger partial charge in [0.1, 0.15) is 0 Å². The molecule has 0 spiro atoms. The first-order chi connectivity index (χ1) is 9.91. The van der Waals surface area contributed by atoms with E-state index >= 15 is 0 Å². The molecule has 0 fully saturated rings. The first-order valence-corrected chi connectivity index (χ1v) is 6.71. The highest BCUT2D eigenvalue weighted by Crippen LogP contribution is 2.63. The van der Waals surface area contributed by atoms with E-state index in [1.54, 1.807) is 0 Å². The number of anilines is 1. The number of ether oxygens (including phenoxy) is 2. The molecule has 1 heterocycles. The van der Waals surface area contributed by atoms with Gasteiger partial charge in [-0.15, -0.1) is 0 Å². The molecule has 1 aromatic carbocycles. The highest BCUT2D eigenvalue weighted by Gasteiger charge is 2.69. The maximum absolute atomic E-state index is 12.2. The third-order valence-corrected chi connectivity index (χ3v) is 4.88. The topological polar surface area (TPSA) is 64.6 Å². The van der Waals surface area contributed by atoms with Gasteiger partial charge in [-0.1, -0.05) is 18.2 Å². The first kappa shape index (κ1) is 13.7. The van der Waals surface area contributed by atoms with Gasteiger partial charge in [0.25, 0.3) is 0 Å². The Labute approximate surface area is 122 Å². The van der Waals surface area contributed by atoms with Crippen LogP contribution < -0.4 is 5.32 Å². The summed E-state index contributed by atoms with van der Waals surface area (Å²) in [5.41, 5.74) is 1.34. The van der Waals surface area contributed by atoms with Crippen molar-refractivity contribution < 1.29 is 19.1 Å². The molecule has 0 radical (unpaired) electrons. The van der Waals surface area contributed by atoms with Crippen LogP contribution in [0.5, 0.6) is 0 Å². The fourth-order valence-electron chi connectivity index (χ4n) is 3.64. The van der Waals surface area contributed by atoms with Crippen molar-refractivity contribution in [2.24, 2.45) is 0 Å². The van der Waals surface area contributed by atoms with Crippen LogP contribution in [-0.2, 0) is 24.5 Å². The van der Waals surface area contributed by atoms with E-state index in [1.165, 1.54) is 14.2 Å². The Morgan fingerprint density at radius 1 is 1.00 bits per heavy atom. The average molecular weight is 287 g/mol. The summed E-state index contributed by atoms with van der Waals surface area (Å²) in [6.07, 6.45) is 0. The lowest BCUT2D eigenvalue weighted by molar-refractivity contribution is -0.142. The van der Waals surface area contributed by atoms with Gasteiger partial charge in [0, 0.05) is 5.69 Å². The smallest absolute Gasteiger partial charge is 0.336 e. The van der Waals surface area contributed by atoms with E-state index in [1.807, 2.05) is 38.1 Å². The van der Waals surface area contributed by atoms with Gasteiger partial charge in [-0.3, -0.25) is 0 Å². The maximum atomic E-state index is 12.2. The third-order valence-electron chi connectivity index (χ3n) is 4.88. The Kier molecular flexibility index (Phi) is 2.67. The van der Waals surface area contributed by atoms with Gasteiger partial charge in [0.05, 0.1) is 36.3 Å². The fourth-order valence-corrected chi connectivity index (χ4v) is 3.64. The minimum Gasteiger partial charge on any atom is -0.466 e. The van der Waals surface area contributed by atoms with Crippen LogP contribution in [0.2, 0.25) is 0 Å². The van der Waals surface area contributed by atoms with Crippen molar-refractivity contribution in [1.82, 2.24) is 0 Å². The summed E-state index contributed by atoms with van der Waals surface area (Å²) in [7, 11) is 2.63. The molecule has 21 heavy (non-hydrogen) atoms. The summed E-state index contributed by atoms with van der Waals surface area (Å²) in [4.78, 5) is 24.3. The first-order valence-electron chi connectivity index (χ1n) is 6.71. The molecule has 2 atom stereocenters. The average Bonchev–Trinajstić information content (AvgIpc) is 2.67. The Morgan fingerprint density at radius 3 is 2.19 bits per heavy atom. The highest BCUT2D eigenvalue weighted by atomic mass is 16.5. The number of nitrogens with one attached hydrogen (secondary N) is 1. The quantitative estimate of drug-likeness (QED) is 0.840. The number of rotatable bonds is 2. The molecule has 1 aliphatic carbocycles. The molecule has 110 valence electrons. The van der Waals surface area contributed by atoms with E-state index in [4.69, 9.17) is 9.47 Å². The summed E-state index contributed by atoms with van der Waals surface area (Å²) in [6.45, 7) is 3.86. The van der Waals surface area contributed by atoms with Crippen LogP contribution in [0.15, 0.2) is 35.4 Å². The van der Waals surface area contributed by atoms with E-state index < -0.39 is 22.9 Å². The third kappa shape index (κ3) is 1.36. The number of fused-ring (bicyclic) bond motifs is 3. The molecule has 1 aliphatic heterocycles. The molecule has 2 unspecified atom stereocenters. The number of hydrogen-bond donors (Lipinski definition) is 1. The standard InChI is InChI=1S/C16H17NO4/c1-15-9-7-5-6-8-10(9)17-16(15,2)12(14(19)21-4)11(15)13(18)20-3/h5-8,17H,1-4H3. The van der Waals surface area contributed by atoms with E-state index in [0.29, 0.717) is 11.1 Å². The van der Waals surface area contributed by atoms with Crippen molar-refractivity contribution in [3.63, 3.8) is 0 Å². The molecule has 1 N–H and O–H groups in total. The second kappa shape index (κ2) is 4.10. The predicted molar refractivity (Wildman–Crippen MR) is 76.9 cm³/mol. The Hall–Kier alpha value is -2.30. The Morgan fingerprint density at radius 2 is 1.57 bits per heavy atom. The molecule has 0 saturated heterocycles. The van der Waals surface area contributed by atoms with E-state index in [0.717, 1.165) is 11.3 Å². The van der Waals surface area contributed by atoms with Gasteiger partial charge in [0.2, 0.25) is 0 Å². The zero-order chi connectivity index (χ0) is 15.4. The SMILES string of the molecule is COC(=O)C1=C(C(=O)OC)C2(C)c3ccccc3NC12C. The minimum absolute atomic E-state index is 0.343. The number of carbonyl (C=O) groups is 2. The Bertz CT molecular complexity index is 693. The Balaban J connectivity index is 2.26. The molecule has 2 aliphatic rings. The van der Waals surface area contributed by atoms with Crippen LogP contribution in [0.1, 0.15) is 19.4 Å².